The van der Waals surface area contributed by atoms with Crippen LogP contribution in [0.1, 0.15) is 5.56 Å². The first-order valence-corrected chi connectivity index (χ1v) is 6.15. The Morgan fingerprint density at radius 3 is 2.50 bits per heavy atom. The van der Waals surface area contributed by atoms with Gasteiger partial charge in [-0.15, -0.1) is 0 Å². The molecule has 0 saturated heterocycles. The van der Waals surface area contributed by atoms with Gasteiger partial charge in [-0.25, -0.2) is 0 Å². The molecule has 0 bridgehead atoms. The van der Waals surface area contributed by atoms with Crippen molar-refractivity contribution in [1.29, 1.82) is 0 Å². The Balaban J connectivity index is 2.68. The van der Waals surface area contributed by atoms with Crippen molar-refractivity contribution in [2.45, 2.75) is 11.1 Å². The molecule has 6 heteroatoms. The Morgan fingerprint density at radius 1 is 1.50 bits per heavy atom. The molecule has 1 rings (SSSR count). The van der Waals surface area contributed by atoms with E-state index in [1.54, 1.807) is 19.2 Å². The van der Waals surface area contributed by atoms with Gasteiger partial charge in [0.05, 0.1) is 0 Å². The number of hydrogen-bond donors (Lipinski definition) is 1. The van der Waals surface area contributed by atoms with E-state index < -0.39 is 4.92 Å². The summed E-state index contributed by atoms with van der Waals surface area (Å²) in [7, 11) is 1.60. The first-order valence-electron chi connectivity index (χ1n) is 4.75. The first-order chi connectivity index (χ1) is 7.54. The molecular formula is C10H13AsN2O3. The number of nitro benzene ring substituents is 1. The molecule has 1 aromatic carbocycles. The number of nitrogens with one attached hydrogen (secondary N) is 1. The average Bonchev–Trinajstić information content (AvgIpc) is 2.28. The van der Waals surface area contributed by atoms with E-state index in [2.05, 4.69) is 5.32 Å². The van der Waals surface area contributed by atoms with Crippen LogP contribution in [0.2, 0.25) is 4.71 Å². The molecule has 0 aliphatic carbocycles. The van der Waals surface area contributed by atoms with Crippen LogP contribution >= 0.6 is 0 Å². The van der Waals surface area contributed by atoms with Crippen LogP contribution in [0.4, 0.5) is 5.69 Å². The molecular weight excluding hydrogens is 271 g/mol. The molecule has 0 radical (unpaired) electrons. The fraction of sp³-hybridized carbons (Fsp3) is 0.300. The van der Waals surface area contributed by atoms with Gasteiger partial charge in [0, 0.05) is 0 Å². The molecule has 0 aliphatic rings. The van der Waals surface area contributed by atoms with Gasteiger partial charge in [0.1, 0.15) is 0 Å². The average molecular weight is 284 g/mol. The standard InChI is InChI=1S/C10H13AsN2O3/c1-12-10(14)9(11)6-7-2-4-8(5-3-7)13(15)16/h2-5,9H,6,11H2,1H3,(H,12,14). The number of nitro groups is 1. The van der Waals surface area contributed by atoms with E-state index in [-0.39, 0.29) is 16.3 Å². The van der Waals surface area contributed by atoms with E-state index in [1.807, 2.05) is 0 Å². The van der Waals surface area contributed by atoms with E-state index in [1.165, 1.54) is 29.0 Å². The second kappa shape index (κ2) is 5.66. The number of non-ortho nitro benzene ring substituents is 1. The second-order valence-corrected chi connectivity index (χ2v) is 5.04. The SMILES string of the molecule is CNC(=O)C([AsH2])Cc1ccc([N+](=O)[O-])cc1. The molecule has 0 heterocycles. The number of hydrogen-bond acceptors (Lipinski definition) is 3. The van der Waals surface area contributed by atoms with Crippen LogP contribution in [0, 0.1) is 10.1 Å². The quantitative estimate of drug-likeness (QED) is 0.491. The Hall–Kier alpha value is -1.35. The zero-order valence-electron chi connectivity index (χ0n) is 8.84. The zero-order valence-corrected chi connectivity index (χ0v) is 11.3. The third-order valence-electron chi connectivity index (χ3n) is 2.19. The van der Waals surface area contributed by atoms with Crippen LogP contribution in [0.25, 0.3) is 0 Å². The van der Waals surface area contributed by atoms with Gasteiger partial charge in [0.2, 0.25) is 0 Å². The number of carbonyl (C=O) groups is 1. The van der Waals surface area contributed by atoms with Crippen molar-refractivity contribution < 1.29 is 9.72 Å². The number of carbonyl (C=O) groups excluding carboxylic acids is 1. The van der Waals surface area contributed by atoms with Crippen LogP contribution in [0.15, 0.2) is 24.3 Å². The van der Waals surface area contributed by atoms with Gasteiger partial charge in [-0.1, -0.05) is 0 Å². The van der Waals surface area contributed by atoms with Crippen molar-refractivity contribution in [2.24, 2.45) is 0 Å². The number of rotatable bonds is 4. The monoisotopic (exact) mass is 284 g/mol. The van der Waals surface area contributed by atoms with Crippen molar-refractivity contribution in [3.8, 4) is 0 Å². The Morgan fingerprint density at radius 2 is 2.06 bits per heavy atom. The molecule has 1 aromatic rings. The summed E-state index contributed by atoms with van der Waals surface area (Å²) in [6.07, 6.45) is 0.609. The Bertz CT molecular complexity index is 392. The van der Waals surface area contributed by atoms with E-state index >= 15 is 0 Å². The second-order valence-electron chi connectivity index (χ2n) is 3.35. The van der Waals surface area contributed by atoms with Crippen LogP contribution in [-0.4, -0.2) is 34.7 Å². The summed E-state index contributed by atoms with van der Waals surface area (Å²) >= 11 is 1.35. The topological polar surface area (TPSA) is 72.2 Å². The summed E-state index contributed by atoms with van der Waals surface area (Å²) in [6, 6.07) is 6.29. The summed E-state index contributed by atoms with van der Waals surface area (Å²) in [5, 5.41) is 13.0. The molecule has 16 heavy (non-hydrogen) atoms. The zero-order chi connectivity index (χ0) is 12.1. The molecule has 0 saturated carbocycles. The van der Waals surface area contributed by atoms with Gasteiger partial charge in [-0.05, 0) is 0 Å². The molecule has 1 N–H and O–H groups in total. The van der Waals surface area contributed by atoms with Gasteiger partial charge in [-0.2, -0.15) is 0 Å². The van der Waals surface area contributed by atoms with E-state index in [0.29, 0.717) is 6.42 Å². The number of amides is 1. The Labute approximate surface area is 102 Å². The van der Waals surface area contributed by atoms with Crippen LogP contribution < -0.4 is 5.32 Å². The third kappa shape index (κ3) is 3.35. The molecule has 0 fully saturated rings. The normalized spacial score (nSPS) is 11.9. The molecule has 0 aromatic heterocycles. The molecule has 86 valence electrons. The molecule has 2 unspecified atom stereocenters. The van der Waals surface area contributed by atoms with Crippen molar-refractivity contribution >= 4 is 28.4 Å². The fourth-order valence-corrected chi connectivity index (χ4v) is 2.21. The summed E-state index contributed by atoms with van der Waals surface area (Å²) in [6.45, 7) is 0. The van der Waals surface area contributed by atoms with Gasteiger partial charge < -0.3 is 0 Å². The minimum absolute atomic E-state index is 0.00153. The predicted octanol–water partition coefficient (Wildman–Crippen LogP) is 0.305. The minimum atomic E-state index is -0.435. The maximum absolute atomic E-state index is 11.3. The predicted molar refractivity (Wildman–Crippen MR) is 63.2 cm³/mol. The molecule has 2 atom stereocenters. The number of benzene rings is 1. The summed E-state index contributed by atoms with van der Waals surface area (Å²) < 4.78 is -0.0704. The van der Waals surface area contributed by atoms with Gasteiger partial charge >= 0.3 is 102 Å². The van der Waals surface area contributed by atoms with Crippen molar-refractivity contribution in [3.63, 3.8) is 0 Å². The maximum atomic E-state index is 11.3. The Kier molecular flexibility index (Phi) is 4.50. The van der Waals surface area contributed by atoms with Crippen LogP contribution in [0.3, 0.4) is 0 Å². The molecule has 1 amide bonds. The van der Waals surface area contributed by atoms with E-state index in [0.717, 1.165) is 5.56 Å². The van der Waals surface area contributed by atoms with Gasteiger partial charge in [-0.3, -0.25) is 0 Å². The van der Waals surface area contributed by atoms with Crippen molar-refractivity contribution in [2.75, 3.05) is 7.05 Å². The number of nitrogens with zero attached hydrogens (tertiary/aromatic N) is 1. The molecule has 5 nitrogen and oxygen atoms in total. The van der Waals surface area contributed by atoms with Gasteiger partial charge in [0.25, 0.3) is 0 Å². The molecule has 0 spiro atoms. The summed E-state index contributed by atoms with van der Waals surface area (Å²) in [5.41, 5.74) is 1.01. The van der Waals surface area contributed by atoms with E-state index in [9.17, 15) is 14.9 Å². The van der Waals surface area contributed by atoms with Gasteiger partial charge in [0.15, 0.2) is 0 Å². The first kappa shape index (κ1) is 12.7. The molecule has 0 aliphatic heterocycles. The summed E-state index contributed by atoms with van der Waals surface area (Å²) in [5.74, 6) is -0.00153. The van der Waals surface area contributed by atoms with Crippen molar-refractivity contribution in [1.82, 2.24) is 5.32 Å². The van der Waals surface area contributed by atoms with E-state index in [4.69, 9.17) is 0 Å². The van der Waals surface area contributed by atoms with Crippen molar-refractivity contribution in [3.05, 3.63) is 39.9 Å². The van der Waals surface area contributed by atoms with Crippen LogP contribution in [-0.2, 0) is 11.2 Å². The fourth-order valence-electron chi connectivity index (χ4n) is 1.29. The van der Waals surface area contributed by atoms with Crippen LogP contribution in [0.5, 0.6) is 0 Å². The summed E-state index contributed by atoms with van der Waals surface area (Å²) in [4.78, 5) is 21.3. The third-order valence-corrected chi connectivity index (χ3v) is 3.32.